The Morgan fingerprint density at radius 2 is 1.79 bits per heavy atom. The topological polar surface area (TPSA) is 109 Å². The van der Waals surface area contributed by atoms with E-state index < -0.39 is 10.0 Å². The van der Waals surface area contributed by atoms with E-state index >= 15 is 0 Å². The molecule has 0 unspecified atom stereocenters. The highest BCUT2D eigenvalue weighted by Gasteiger charge is 2.62. The van der Waals surface area contributed by atoms with Crippen molar-refractivity contribution in [1.82, 2.24) is 14.9 Å². The summed E-state index contributed by atoms with van der Waals surface area (Å²) < 4.78 is 33.4. The fraction of sp³-hybridized carbons (Fsp3) is 0.250. The molecule has 1 aliphatic rings. The first-order chi connectivity index (χ1) is 13.3. The average molecular weight is 394 g/mol. The highest BCUT2D eigenvalue weighted by atomic mass is 32.2. The molecule has 1 aliphatic carbocycles. The Morgan fingerprint density at radius 1 is 1.11 bits per heavy atom. The highest BCUT2D eigenvalue weighted by Crippen LogP contribution is 2.58. The molecule has 3 aromatic rings. The Morgan fingerprint density at radius 3 is 2.43 bits per heavy atom. The minimum atomic E-state index is -3.63. The Labute approximate surface area is 163 Å². The average Bonchev–Trinajstić information content (AvgIpc) is 3.03. The van der Waals surface area contributed by atoms with E-state index in [9.17, 15) is 8.42 Å². The van der Waals surface area contributed by atoms with Crippen LogP contribution in [0.25, 0.3) is 11.5 Å². The van der Waals surface area contributed by atoms with Gasteiger partial charge < -0.3 is 4.52 Å². The van der Waals surface area contributed by atoms with Gasteiger partial charge in [-0.25, -0.2) is 13.1 Å². The number of sulfonamides is 1. The SMILES string of the molecule is CC1(C)[C@H](c2noc(-c3ccc(C#N)cc3)n2)[C@@H]1NS(=O)(=O)c1ccccc1. The number of nitrogens with zero attached hydrogens (tertiary/aromatic N) is 3. The molecule has 142 valence electrons. The lowest BCUT2D eigenvalue weighted by Gasteiger charge is -2.07. The Hall–Kier alpha value is -3.02. The first-order valence-electron chi connectivity index (χ1n) is 8.74. The summed E-state index contributed by atoms with van der Waals surface area (Å²) in [7, 11) is -3.63. The molecule has 1 heterocycles. The number of nitrogens with one attached hydrogen (secondary N) is 1. The lowest BCUT2D eigenvalue weighted by molar-refractivity contribution is 0.419. The number of rotatable bonds is 5. The zero-order chi connectivity index (χ0) is 19.9. The monoisotopic (exact) mass is 394 g/mol. The third-order valence-electron chi connectivity index (χ3n) is 5.14. The van der Waals surface area contributed by atoms with Crippen molar-refractivity contribution in [2.24, 2.45) is 5.41 Å². The molecule has 0 spiro atoms. The number of nitriles is 1. The normalized spacial score (nSPS) is 20.5. The van der Waals surface area contributed by atoms with E-state index in [1.54, 1.807) is 54.6 Å². The fourth-order valence-electron chi connectivity index (χ4n) is 3.34. The molecule has 2 atom stereocenters. The summed E-state index contributed by atoms with van der Waals surface area (Å²) >= 11 is 0. The maximum absolute atomic E-state index is 12.6. The minimum Gasteiger partial charge on any atom is -0.334 e. The van der Waals surface area contributed by atoms with Crippen molar-refractivity contribution >= 4 is 10.0 Å². The number of aromatic nitrogens is 2. The molecule has 7 nitrogen and oxygen atoms in total. The summed E-state index contributed by atoms with van der Waals surface area (Å²) in [4.78, 5) is 4.68. The zero-order valence-electron chi connectivity index (χ0n) is 15.3. The third kappa shape index (κ3) is 3.19. The fourth-order valence-corrected chi connectivity index (χ4v) is 4.77. The maximum Gasteiger partial charge on any atom is 0.257 e. The van der Waals surface area contributed by atoms with Gasteiger partial charge in [-0.3, -0.25) is 0 Å². The van der Waals surface area contributed by atoms with Crippen LogP contribution in [0.5, 0.6) is 0 Å². The molecule has 1 saturated carbocycles. The van der Waals surface area contributed by atoms with Gasteiger partial charge in [0.2, 0.25) is 10.0 Å². The van der Waals surface area contributed by atoms with Crippen molar-refractivity contribution in [2.75, 3.05) is 0 Å². The van der Waals surface area contributed by atoms with Gasteiger partial charge in [-0.1, -0.05) is 37.2 Å². The molecule has 1 fully saturated rings. The molecule has 2 aromatic carbocycles. The molecule has 0 radical (unpaired) electrons. The minimum absolute atomic E-state index is 0.193. The summed E-state index contributed by atoms with van der Waals surface area (Å²) in [6.45, 7) is 3.93. The Balaban J connectivity index is 1.55. The van der Waals surface area contributed by atoms with Gasteiger partial charge in [-0.05, 0) is 41.8 Å². The molecule has 8 heteroatoms. The molecule has 4 rings (SSSR count). The molecular formula is C20H18N4O3S. The van der Waals surface area contributed by atoms with Crippen LogP contribution < -0.4 is 4.72 Å². The molecule has 1 N–H and O–H groups in total. The van der Waals surface area contributed by atoms with Crippen molar-refractivity contribution in [3.8, 4) is 17.5 Å². The van der Waals surface area contributed by atoms with Crippen LogP contribution in [-0.4, -0.2) is 24.6 Å². The highest BCUT2D eigenvalue weighted by molar-refractivity contribution is 7.89. The smallest absolute Gasteiger partial charge is 0.257 e. The predicted molar refractivity (Wildman–Crippen MR) is 102 cm³/mol. The third-order valence-corrected chi connectivity index (χ3v) is 6.60. The van der Waals surface area contributed by atoms with Crippen molar-refractivity contribution in [3.05, 3.63) is 66.0 Å². The van der Waals surface area contributed by atoms with Gasteiger partial charge in [0, 0.05) is 17.5 Å². The van der Waals surface area contributed by atoms with Crippen LogP contribution in [0.3, 0.4) is 0 Å². The lowest BCUT2D eigenvalue weighted by Crippen LogP contribution is -2.29. The van der Waals surface area contributed by atoms with Crippen LogP contribution in [0.15, 0.2) is 64.0 Å². The Bertz CT molecular complexity index is 1150. The van der Waals surface area contributed by atoms with Crippen LogP contribution in [-0.2, 0) is 10.0 Å². The Kier molecular flexibility index (Phi) is 4.29. The van der Waals surface area contributed by atoms with Gasteiger partial charge >= 0.3 is 0 Å². The molecule has 28 heavy (non-hydrogen) atoms. The van der Waals surface area contributed by atoms with E-state index in [1.807, 2.05) is 13.8 Å². The van der Waals surface area contributed by atoms with Gasteiger partial charge in [0.1, 0.15) is 0 Å². The van der Waals surface area contributed by atoms with Crippen LogP contribution in [0.4, 0.5) is 0 Å². The van der Waals surface area contributed by atoms with E-state index in [-0.39, 0.29) is 22.3 Å². The van der Waals surface area contributed by atoms with Gasteiger partial charge in [-0.2, -0.15) is 10.2 Å². The first-order valence-corrected chi connectivity index (χ1v) is 10.2. The van der Waals surface area contributed by atoms with Crippen LogP contribution in [0, 0.1) is 16.7 Å². The van der Waals surface area contributed by atoms with E-state index in [2.05, 4.69) is 20.9 Å². The van der Waals surface area contributed by atoms with Crippen LogP contribution in [0.2, 0.25) is 0 Å². The summed E-state index contributed by atoms with van der Waals surface area (Å²) in [5.41, 5.74) is 0.910. The molecule has 1 aromatic heterocycles. The zero-order valence-corrected chi connectivity index (χ0v) is 16.1. The van der Waals surface area contributed by atoms with Gasteiger partial charge in [0.05, 0.1) is 16.5 Å². The van der Waals surface area contributed by atoms with E-state index in [1.165, 1.54) is 0 Å². The molecular weight excluding hydrogens is 376 g/mol. The van der Waals surface area contributed by atoms with Crippen molar-refractivity contribution in [1.29, 1.82) is 5.26 Å². The van der Waals surface area contributed by atoms with E-state index in [0.717, 1.165) is 0 Å². The summed E-state index contributed by atoms with van der Waals surface area (Å²) in [5, 5.41) is 12.9. The van der Waals surface area contributed by atoms with Gasteiger partial charge in [0.25, 0.3) is 5.89 Å². The van der Waals surface area contributed by atoms with Gasteiger partial charge in [0.15, 0.2) is 5.82 Å². The second-order valence-electron chi connectivity index (χ2n) is 7.36. The largest absolute Gasteiger partial charge is 0.334 e. The first kappa shape index (κ1) is 18.3. The van der Waals surface area contributed by atoms with Crippen LogP contribution in [0.1, 0.15) is 31.2 Å². The number of benzene rings is 2. The summed E-state index contributed by atoms with van der Waals surface area (Å²) in [6, 6.07) is 16.8. The van der Waals surface area contributed by atoms with Crippen molar-refractivity contribution in [3.63, 3.8) is 0 Å². The standard InChI is InChI=1S/C20H18N4O3S/c1-20(2)16(17(20)24-28(25,26)15-6-4-3-5-7-15)18-22-19(27-23-18)14-10-8-13(12-21)9-11-14/h3-11,16-17,24H,1-2H3/t16-,17-/m0/s1. The second kappa shape index (κ2) is 6.55. The predicted octanol–water partition coefficient (Wildman–Crippen LogP) is 3.08. The lowest BCUT2D eigenvalue weighted by atomic mass is 10.1. The molecule has 0 saturated heterocycles. The van der Waals surface area contributed by atoms with Gasteiger partial charge in [-0.15, -0.1) is 0 Å². The van der Waals surface area contributed by atoms with Crippen molar-refractivity contribution in [2.45, 2.75) is 30.7 Å². The maximum atomic E-state index is 12.6. The summed E-state index contributed by atoms with van der Waals surface area (Å²) in [6.07, 6.45) is 0. The van der Waals surface area contributed by atoms with E-state index in [4.69, 9.17) is 9.78 Å². The molecule has 0 bridgehead atoms. The van der Waals surface area contributed by atoms with Crippen molar-refractivity contribution < 1.29 is 12.9 Å². The van der Waals surface area contributed by atoms with E-state index in [0.29, 0.717) is 22.8 Å². The quantitative estimate of drug-likeness (QED) is 0.712. The molecule has 0 amide bonds. The number of hydrogen-bond donors (Lipinski definition) is 1. The number of hydrogen-bond acceptors (Lipinski definition) is 6. The summed E-state index contributed by atoms with van der Waals surface area (Å²) in [5.74, 6) is 0.610. The second-order valence-corrected chi connectivity index (χ2v) is 9.07. The molecule has 0 aliphatic heterocycles. The van der Waals surface area contributed by atoms with Crippen LogP contribution >= 0.6 is 0 Å².